The highest BCUT2D eigenvalue weighted by Gasteiger charge is 2.13. The molecule has 0 aliphatic rings. The molecule has 0 atom stereocenters. The zero-order valence-electron chi connectivity index (χ0n) is 9.16. The SMILES string of the molecule is COC(=O)Cc1c(OC)ccc(N)c1C. The molecule has 0 aliphatic heterocycles. The van der Waals surface area contributed by atoms with E-state index in [-0.39, 0.29) is 12.4 Å². The Morgan fingerprint density at radius 3 is 2.60 bits per heavy atom. The van der Waals surface area contributed by atoms with Gasteiger partial charge in [0, 0.05) is 11.3 Å². The molecule has 1 aromatic rings. The van der Waals surface area contributed by atoms with E-state index in [4.69, 9.17) is 10.5 Å². The van der Waals surface area contributed by atoms with Crippen molar-refractivity contribution in [2.45, 2.75) is 13.3 Å². The minimum absolute atomic E-state index is 0.177. The minimum Gasteiger partial charge on any atom is -0.496 e. The molecule has 0 amide bonds. The predicted octanol–water partition coefficient (Wildman–Crippen LogP) is 1.30. The number of esters is 1. The first-order chi connectivity index (χ1) is 7.10. The molecule has 0 unspecified atom stereocenters. The Hall–Kier alpha value is -1.71. The van der Waals surface area contributed by atoms with E-state index in [1.165, 1.54) is 7.11 Å². The normalized spacial score (nSPS) is 9.80. The Morgan fingerprint density at radius 2 is 2.07 bits per heavy atom. The largest absolute Gasteiger partial charge is 0.496 e. The Morgan fingerprint density at radius 1 is 1.40 bits per heavy atom. The van der Waals surface area contributed by atoms with Crippen LogP contribution in [0.2, 0.25) is 0 Å². The highest BCUT2D eigenvalue weighted by Crippen LogP contribution is 2.27. The van der Waals surface area contributed by atoms with Gasteiger partial charge in [0.05, 0.1) is 20.6 Å². The quantitative estimate of drug-likeness (QED) is 0.602. The Labute approximate surface area is 89.0 Å². The fraction of sp³-hybridized carbons (Fsp3) is 0.364. The van der Waals surface area contributed by atoms with Crippen molar-refractivity contribution in [3.63, 3.8) is 0 Å². The zero-order chi connectivity index (χ0) is 11.4. The number of rotatable bonds is 3. The van der Waals surface area contributed by atoms with Crippen LogP contribution >= 0.6 is 0 Å². The number of hydrogen-bond acceptors (Lipinski definition) is 4. The van der Waals surface area contributed by atoms with Gasteiger partial charge in [0.1, 0.15) is 5.75 Å². The average molecular weight is 209 g/mol. The van der Waals surface area contributed by atoms with Crippen molar-refractivity contribution >= 4 is 11.7 Å². The summed E-state index contributed by atoms with van der Waals surface area (Å²) < 4.78 is 9.78. The summed E-state index contributed by atoms with van der Waals surface area (Å²) in [6, 6.07) is 3.51. The Kier molecular flexibility index (Phi) is 3.55. The number of methoxy groups -OCH3 is 2. The van der Waals surface area contributed by atoms with Crippen LogP contribution in [0.15, 0.2) is 12.1 Å². The van der Waals surface area contributed by atoms with Crippen molar-refractivity contribution in [1.29, 1.82) is 0 Å². The summed E-state index contributed by atoms with van der Waals surface area (Å²) >= 11 is 0. The van der Waals surface area contributed by atoms with Gasteiger partial charge < -0.3 is 15.2 Å². The lowest BCUT2D eigenvalue weighted by Crippen LogP contribution is -2.08. The molecule has 4 nitrogen and oxygen atoms in total. The summed E-state index contributed by atoms with van der Waals surface area (Å²) in [5.41, 5.74) is 8.04. The summed E-state index contributed by atoms with van der Waals surface area (Å²) in [4.78, 5) is 11.2. The molecule has 2 N–H and O–H groups in total. The molecular weight excluding hydrogens is 194 g/mol. The van der Waals surface area contributed by atoms with E-state index >= 15 is 0 Å². The van der Waals surface area contributed by atoms with E-state index in [0.717, 1.165) is 11.1 Å². The number of benzene rings is 1. The van der Waals surface area contributed by atoms with Gasteiger partial charge in [0.25, 0.3) is 0 Å². The summed E-state index contributed by atoms with van der Waals surface area (Å²) in [7, 11) is 2.92. The molecule has 1 aromatic carbocycles. The topological polar surface area (TPSA) is 61.5 Å². The molecule has 0 radical (unpaired) electrons. The number of nitrogens with two attached hydrogens (primary N) is 1. The lowest BCUT2D eigenvalue weighted by Gasteiger charge is -2.12. The second kappa shape index (κ2) is 4.68. The van der Waals surface area contributed by atoms with Gasteiger partial charge in [-0.1, -0.05) is 0 Å². The summed E-state index contributed by atoms with van der Waals surface area (Å²) in [6.07, 6.45) is 0.177. The number of hydrogen-bond donors (Lipinski definition) is 1. The molecule has 0 aromatic heterocycles. The highest BCUT2D eigenvalue weighted by molar-refractivity contribution is 5.75. The van der Waals surface area contributed by atoms with Crippen LogP contribution in [0, 0.1) is 6.92 Å². The van der Waals surface area contributed by atoms with Gasteiger partial charge in [-0.2, -0.15) is 0 Å². The van der Waals surface area contributed by atoms with Crippen LogP contribution in [0.3, 0.4) is 0 Å². The second-order valence-corrected chi connectivity index (χ2v) is 3.21. The highest BCUT2D eigenvalue weighted by atomic mass is 16.5. The van der Waals surface area contributed by atoms with Crippen LogP contribution in [0.1, 0.15) is 11.1 Å². The van der Waals surface area contributed by atoms with E-state index < -0.39 is 0 Å². The number of ether oxygens (including phenoxy) is 2. The standard InChI is InChI=1S/C11H15NO3/c1-7-8(6-11(13)15-3)10(14-2)5-4-9(7)12/h4-5H,6,12H2,1-3H3. The minimum atomic E-state index is -0.304. The number of nitrogen functional groups attached to an aromatic ring is 1. The van der Waals surface area contributed by atoms with Crippen molar-refractivity contribution in [2.75, 3.05) is 20.0 Å². The maximum atomic E-state index is 11.2. The fourth-order valence-corrected chi connectivity index (χ4v) is 1.38. The molecule has 0 saturated heterocycles. The number of carbonyl (C=O) groups is 1. The molecule has 0 saturated carbocycles. The van der Waals surface area contributed by atoms with E-state index in [9.17, 15) is 4.79 Å². The van der Waals surface area contributed by atoms with E-state index in [1.807, 2.05) is 6.92 Å². The van der Waals surface area contributed by atoms with Gasteiger partial charge in [-0.05, 0) is 24.6 Å². The predicted molar refractivity (Wildman–Crippen MR) is 57.9 cm³/mol. The summed E-state index contributed by atoms with van der Waals surface area (Å²) in [6.45, 7) is 1.86. The molecular formula is C11H15NO3. The third kappa shape index (κ3) is 2.40. The van der Waals surface area contributed by atoms with Crippen molar-refractivity contribution in [1.82, 2.24) is 0 Å². The van der Waals surface area contributed by atoms with Gasteiger partial charge in [0.2, 0.25) is 0 Å². The molecule has 0 heterocycles. The van der Waals surface area contributed by atoms with Gasteiger partial charge in [-0.15, -0.1) is 0 Å². The molecule has 1 rings (SSSR count). The number of anilines is 1. The first kappa shape index (κ1) is 11.4. The van der Waals surface area contributed by atoms with Gasteiger partial charge in [-0.25, -0.2) is 0 Å². The molecule has 0 aliphatic carbocycles. The average Bonchev–Trinajstić information content (AvgIpc) is 2.25. The van der Waals surface area contributed by atoms with Crippen LogP contribution in [-0.4, -0.2) is 20.2 Å². The third-order valence-electron chi connectivity index (χ3n) is 2.37. The van der Waals surface area contributed by atoms with E-state index in [0.29, 0.717) is 11.4 Å². The van der Waals surface area contributed by atoms with Gasteiger partial charge in [0.15, 0.2) is 0 Å². The maximum absolute atomic E-state index is 11.2. The second-order valence-electron chi connectivity index (χ2n) is 3.21. The molecule has 0 bridgehead atoms. The maximum Gasteiger partial charge on any atom is 0.310 e. The van der Waals surface area contributed by atoms with Crippen LogP contribution in [-0.2, 0) is 16.0 Å². The van der Waals surface area contributed by atoms with Crippen LogP contribution in [0.25, 0.3) is 0 Å². The van der Waals surface area contributed by atoms with Crippen molar-refractivity contribution in [3.8, 4) is 5.75 Å². The summed E-state index contributed by atoms with van der Waals surface area (Å²) in [5, 5.41) is 0. The van der Waals surface area contributed by atoms with E-state index in [2.05, 4.69) is 4.74 Å². The molecule has 82 valence electrons. The van der Waals surface area contributed by atoms with Crippen LogP contribution < -0.4 is 10.5 Å². The first-order valence-electron chi connectivity index (χ1n) is 4.59. The lowest BCUT2D eigenvalue weighted by atomic mass is 10.0. The van der Waals surface area contributed by atoms with Gasteiger partial charge >= 0.3 is 5.97 Å². The van der Waals surface area contributed by atoms with Crippen molar-refractivity contribution in [2.24, 2.45) is 0 Å². The molecule has 4 heteroatoms. The van der Waals surface area contributed by atoms with Crippen LogP contribution in [0.4, 0.5) is 5.69 Å². The smallest absolute Gasteiger partial charge is 0.310 e. The van der Waals surface area contributed by atoms with Crippen molar-refractivity contribution in [3.05, 3.63) is 23.3 Å². The van der Waals surface area contributed by atoms with Crippen molar-refractivity contribution < 1.29 is 14.3 Å². The fourth-order valence-electron chi connectivity index (χ4n) is 1.38. The molecule has 15 heavy (non-hydrogen) atoms. The third-order valence-corrected chi connectivity index (χ3v) is 2.37. The summed E-state index contributed by atoms with van der Waals surface area (Å²) in [5.74, 6) is 0.356. The Bertz CT molecular complexity index is 374. The molecule has 0 fully saturated rings. The monoisotopic (exact) mass is 209 g/mol. The van der Waals surface area contributed by atoms with Crippen LogP contribution in [0.5, 0.6) is 5.75 Å². The Balaban J connectivity index is 3.12. The zero-order valence-corrected chi connectivity index (χ0v) is 9.16. The van der Waals surface area contributed by atoms with Gasteiger partial charge in [-0.3, -0.25) is 4.79 Å². The molecule has 0 spiro atoms. The first-order valence-corrected chi connectivity index (χ1v) is 4.59. The lowest BCUT2D eigenvalue weighted by molar-refractivity contribution is -0.139. The van der Waals surface area contributed by atoms with E-state index in [1.54, 1.807) is 19.2 Å². The number of carbonyl (C=O) groups excluding carboxylic acids is 1.